The van der Waals surface area contributed by atoms with E-state index in [9.17, 15) is 4.79 Å². The van der Waals surface area contributed by atoms with Crippen LogP contribution in [0.5, 0.6) is 0 Å². The quantitative estimate of drug-likeness (QED) is 0.437. The van der Waals surface area contributed by atoms with Gasteiger partial charge in [0, 0.05) is 6.42 Å². The van der Waals surface area contributed by atoms with Crippen molar-refractivity contribution in [3.8, 4) is 0 Å². The molecule has 0 bridgehead atoms. The summed E-state index contributed by atoms with van der Waals surface area (Å²) >= 11 is 0. The topological polar surface area (TPSA) is 47.9 Å². The van der Waals surface area contributed by atoms with Gasteiger partial charge in [0.1, 0.15) is 6.61 Å². The fraction of sp³-hybridized carbons (Fsp3) is 0.467. The average molecular weight is 293 g/mol. The Kier molecular flexibility index (Phi) is 6.44. The Balaban J connectivity index is 2.61. The lowest BCUT2D eigenvalue weighted by Crippen LogP contribution is -2.33. The van der Waals surface area contributed by atoms with Crippen LogP contribution in [0.4, 0.5) is 0 Å². The normalized spacial score (nSPS) is 12.1. The molecule has 5 heteroatoms. The van der Waals surface area contributed by atoms with Crippen LogP contribution in [0.1, 0.15) is 25.3 Å². The van der Waals surface area contributed by atoms with Crippen LogP contribution in [-0.2, 0) is 20.7 Å². The molecule has 0 radical (unpaired) electrons. The fourth-order valence-electron chi connectivity index (χ4n) is 1.52. The zero-order valence-electron chi connectivity index (χ0n) is 12.7. The third-order valence-electron chi connectivity index (χ3n) is 2.37. The van der Waals surface area contributed by atoms with Crippen LogP contribution in [0.3, 0.4) is 0 Å². The molecular formula is C15H23NO3Si. The maximum atomic E-state index is 12.0. The van der Waals surface area contributed by atoms with Gasteiger partial charge in [-0.1, -0.05) is 48.8 Å². The predicted octanol–water partition coefficient (Wildman–Crippen LogP) is 3.74. The van der Waals surface area contributed by atoms with Crippen LogP contribution in [-0.4, -0.2) is 20.0 Å². The van der Waals surface area contributed by atoms with E-state index in [0.717, 1.165) is 12.0 Å². The van der Waals surface area contributed by atoms with Gasteiger partial charge in [-0.3, -0.25) is 0 Å². The van der Waals surface area contributed by atoms with E-state index in [1.165, 1.54) is 0 Å². The van der Waals surface area contributed by atoms with E-state index in [-0.39, 0.29) is 5.97 Å². The highest BCUT2D eigenvalue weighted by molar-refractivity contribution is 6.72. The molecular weight excluding hydrogens is 270 g/mol. The summed E-state index contributed by atoms with van der Waals surface area (Å²) in [5.41, 5.74) is 1.39. The van der Waals surface area contributed by atoms with Gasteiger partial charge in [-0.25, -0.2) is 4.79 Å². The van der Waals surface area contributed by atoms with Gasteiger partial charge in [-0.15, -0.1) is 0 Å². The van der Waals surface area contributed by atoms with E-state index in [0.29, 0.717) is 18.7 Å². The summed E-state index contributed by atoms with van der Waals surface area (Å²) in [4.78, 5) is 17.3. The maximum Gasteiger partial charge on any atom is 0.342 e. The molecule has 0 atom stereocenters. The zero-order valence-corrected chi connectivity index (χ0v) is 13.7. The van der Waals surface area contributed by atoms with Gasteiger partial charge in [0.15, 0.2) is 5.71 Å². The molecule has 110 valence electrons. The summed E-state index contributed by atoms with van der Waals surface area (Å²) in [5, 5.41) is 3.96. The van der Waals surface area contributed by atoms with Crippen molar-refractivity contribution in [1.29, 1.82) is 0 Å². The molecule has 0 aliphatic carbocycles. The Morgan fingerprint density at radius 3 is 2.40 bits per heavy atom. The standard InChI is InChI=1S/C15H23NO3Si/c1-5-9-14(15(17)19-20(2,3)4)16-18-12-13-10-7-6-8-11-13/h6-8,10-11H,5,9,12H2,1-4H3/b16-14+. The molecule has 0 aliphatic rings. The fourth-order valence-corrected chi connectivity index (χ4v) is 2.19. The van der Waals surface area contributed by atoms with E-state index >= 15 is 0 Å². The first kappa shape index (κ1) is 16.4. The van der Waals surface area contributed by atoms with Gasteiger partial charge in [-0.2, -0.15) is 0 Å². The molecule has 0 saturated carbocycles. The van der Waals surface area contributed by atoms with E-state index in [1.807, 2.05) is 56.9 Å². The zero-order chi connectivity index (χ0) is 15.0. The first-order chi connectivity index (χ1) is 9.42. The molecule has 1 rings (SSSR count). The lowest BCUT2D eigenvalue weighted by Gasteiger charge is -2.17. The molecule has 1 aromatic carbocycles. The summed E-state index contributed by atoms with van der Waals surface area (Å²) in [5.74, 6) is -0.348. The van der Waals surface area contributed by atoms with Crippen molar-refractivity contribution < 1.29 is 14.1 Å². The van der Waals surface area contributed by atoms with Crippen LogP contribution in [0.2, 0.25) is 19.6 Å². The lowest BCUT2D eigenvalue weighted by molar-refractivity contribution is -0.128. The predicted molar refractivity (Wildman–Crippen MR) is 83.0 cm³/mol. The number of carbonyl (C=O) groups excluding carboxylic acids is 1. The summed E-state index contributed by atoms with van der Waals surface area (Å²) in [6.45, 7) is 8.26. The maximum absolute atomic E-state index is 12.0. The van der Waals surface area contributed by atoms with Crippen molar-refractivity contribution in [3.05, 3.63) is 35.9 Å². The molecule has 0 spiro atoms. The molecule has 1 aromatic rings. The van der Waals surface area contributed by atoms with Crippen molar-refractivity contribution in [2.45, 2.75) is 46.0 Å². The van der Waals surface area contributed by atoms with E-state index in [1.54, 1.807) is 0 Å². The Bertz CT molecular complexity index is 452. The third kappa shape index (κ3) is 6.52. The minimum Gasteiger partial charge on any atom is -0.515 e. The van der Waals surface area contributed by atoms with E-state index in [4.69, 9.17) is 9.26 Å². The SMILES string of the molecule is CCC/C(=N\OCc1ccccc1)C(=O)O[Si](C)(C)C. The highest BCUT2D eigenvalue weighted by Crippen LogP contribution is 2.07. The van der Waals surface area contributed by atoms with Crippen LogP contribution < -0.4 is 0 Å². The van der Waals surface area contributed by atoms with Crippen LogP contribution >= 0.6 is 0 Å². The van der Waals surface area contributed by atoms with Gasteiger partial charge in [0.05, 0.1) is 0 Å². The van der Waals surface area contributed by atoms with Crippen LogP contribution in [0.25, 0.3) is 0 Å². The van der Waals surface area contributed by atoms with E-state index in [2.05, 4.69) is 5.16 Å². The minimum atomic E-state index is -1.90. The molecule has 0 unspecified atom stereocenters. The van der Waals surface area contributed by atoms with Gasteiger partial charge < -0.3 is 9.26 Å². The molecule has 4 nitrogen and oxygen atoms in total. The number of hydrogen-bond acceptors (Lipinski definition) is 4. The Labute approximate surface area is 121 Å². The number of nitrogens with zero attached hydrogens (tertiary/aromatic N) is 1. The molecule has 0 aliphatic heterocycles. The summed E-state index contributed by atoms with van der Waals surface area (Å²) in [6.07, 6.45) is 1.40. The Hall–Kier alpha value is -1.62. The van der Waals surface area contributed by atoms with Gasteiger partial charge >= 0.3 is 5.97 Å². The van der Waals surface area contributed by atoms with Crippen molar-refractivity contribution in [2.24, 2.45) is 5.16 Å². The van der Waals surface area contributed by atoms with Crippen LogP contribution in [0, 0.1) is 0 Å². The first-order valence-corrected chi connectivity index (χ1v) is 10.3. The monoisotopic (exact) mass is 293 g/mol. The van der Waals surface area contributed by atoms with Crippen molar-refractivity contribution in [2.75, 3.05) is 0 Å². The largest absolute Gasteiger partial charge is 0.515 e. The summed E-state index contributed by atoms with van der Waals surface area (Å²) in [7, 11) is -1.90. The second-order valence-corrected chi connectivity index (χ2v) is 9.98. The second-order valence-electron chi connectivity index (χ2n) is 5.55. The third-order valence-corrected chi connectivity index (χ3v) is 3.17. The van der Waals surface area contributed by atoms with Crippen molar-refractivity contribution in [3.63, 3.8) is 0 Å². The molecule has 0 N–H and O–H groups in total. The van der Waals surface area contributed by atoms with E-state index < -0.39 is 8.32 Å². The molecule has 0 heterocycles. The number of rotatable bonds is 7. The van der Waals surface area contributed by atoms with Crippen molar-refractivity contribution in [1.82, 2.24) is 0 Å². The number of oxime groups is 1. The highest BCUT2D eigenvalue weighted by atomic mass is 28.4. The lowest BCUT2D eigenvalue weighted by atomic mass is 10.2. The number of hydrogen-bond donors (Lipinski definition) is 0. The molecule has 0 fully saturated rings. The second kappa shape index (κ2) is 7.84. The Morgan fingerprint density at radius 2 is 1.85 bits per heavy atom. The smallest absolute Gasteiger partial charge is 0.342 e. The number of carbonyl (C=O) groups is 1. The van der Waals surface area contributed by atoms with Gasteiger partial charge in [0.25, 0.3) is 0 Å². The molecule has 0 amide bonds. The summed E-state index contributed by atoms with van der Waals surface area (Å²) < 4.78 is 5.44. The minimum absolute atomic E-state index is 0.348. The number of benzene rings is 1. The molecule has 20 heavy (non-hydrogen) atoms. The first-order valence-electron chi connectivity index (χ1n) is 6.88. The Morgan fingerprint density at radius 1 is 1.20 bits per heavy atom. The van der Waals surface area contributed by atoms with Crippen LogP contribution in [0.15, 0.2) is 35.5 Å². The molecule has 0 saturated heterocycles. The van der Waals surface area contributed by atoms with Crippen molar-refractivity contribution >= 4 is 20.0 Å². The van der Waals surface area contributed by atoms with Gasteiger partial charge in [-0.05, 0) is 25.2 Å². The van der Waals surface area contributed by atoms with Gasteiger partial charge in [0.2, 0.25) is 8.32 Å². The molecule has 0 aromatic heterocycles. The highest BCUT2D eigenvalue weighted by Gasteiger charge is 2.23. The average Bonchev–Trinajstić information content (AvgIpc) is 2.37. The summed E-state index contributed by atoms with van der Waals surface area (Å²) in [6, 6.07) is 9.73.